The number of hydrogen-bond acceptors (Lipinski definition) is 6. The van der Waals surface area contributed by atoms with Crippen molar-refractivity contribution in [2.24, 2.45) is 0 Å². The highest BCUT2D eigenvalue weighted by molar-refractivity contribution is 6.05. The molecule has 180 valence electrons. The summed E-state index contributed by atoms with van der Waals surface area (Å²) in [5.74, 6) is -0.182. The van der Waals surface area contributed by atoms with E-state index in [1.54, 1.807) is 11.0 Å². The average molecular weight is 473 g/mol. The number of nitrogens with one attached hydrogen (secondary N) is 2. The van der Waals surface area contributed by atoms with E-state index in [1.165, 1.54) is 0 Å². The summed E-state index contributed by atoms with van der Waals surface area (Å²) in [6.45, 7) is 0.933. The maximum atomic E-state index is 12.9. The van der Waals surface area contributed by atoms with E-state index in [1.807, 2.05) is 36.4 Å². The van der Waals surface area contributed by atoms with Gasteiger partial charge < -0.3 is 15.0 Å². The van der Waals surface area contributed by atoms with Gasteiger partial charge in [-0.1, -0.05) is 24.6 Å². The van der Waals surface area contributed by atoms with Gasteiger partial charge >= 0.3 is 0 Å². The molecule has 2 fully saturated rings. The Hall–Kier alpha value is -3.70. The lowest BCUT2D eigenvalue weighted by Crippen LogP contribution is -2.52. The lowest BCUT2D eigenvalue weighted by Gasteiger charge is -2.33. The molecule has 1 saturated heterocycles. The Morgan fingerprint density at radius 1 is 1.09 bits per heavy atom. The summed E-state index contributed by atoms with van der Waals surface area (Å²) in [5.41, 5.74) is 3.06. The molecule has 0 aromatic heterocycles. The van der Waals surface area contributed by atoms with E-state index in [2.05, 4.69) is 16.7 Å². The first-order chi connectivity index (χ1) is 17.0. The highest BCUT2D eigenvalue weighted by Crippen LogP contribution is 2.32. The van der Waals surface area contributed by atoms with E-state index < -0.39 is 11.9 Å². The van der Waals surface area contributed by atoms with Gasteiger partial charge in [0.05, 0.1) is 11.6 Å². The van der Waals surface area contributed by atoms with E-state index in [0.29, 0.717) is 36.4 Å². The van der Waals surface area contributed by atoms with E-state index in [0.717, 1.165) is 36.8 Å². The summed E-state index contributed by atoms with van der Waals surface area (Å²) in [6.07, 6.45) is 4.70. The molecule has 8 nitrogen and oxygen atoms in total. The zero-order valence-electron chi connectivity index (χ0n) is 19.5. The molecular weight excluding hydrogens is 444 g/mol. The molecule has 3 aliphatic rings. The van der Waals surface area contributed by atoms with Crippen LogP contribution >= 0.6 is 0 Å². The van der Waals surface area contributed by atoms with Gasteiger partial charge in [-0.2, -0.15) is 5.26 Å². The van der Waals surface area contributed by atoms with Crippen molar-refractivity contribution in [1.29, 1.82) is 5.26 Å². The third-order valence-corrected chi connectivity index (χ3v) is 7.18. The Balaban J connectivity index is 1.26. The van der Waals surface area contributed by atoms with Gasteiger partial charge in [-0.25, -0.2) is 0 Å². The van der Waals surface area contributed by atoms with Crippen molar-refractivity contribution in [3.63, 3.8) is 0 Å². The first kappa shape index (κ1) is 23.1. The van der Waals surface area contributed by atoms with Gasteiger partial charge in [-0.15, -0.1) is 0 Å². The molecule has 2 aliphatic heterocycles. The minimum atomic E-state index is -0.625. The Morgan fingerprint density at radius 2 is 1.91 bits per heavy atom. The predicted molar refractivity (Wildman–Crippen MR) is 127 cm³/mol. The fraction of sp³-hybridized carbons (Fsp3) is 0.407. The van der Waals surface area contributed by atoms with Gasteiger partial charge in [-0.3, -0.25) is 19.7 Å². The Bertz CT molecular complexity index is 1200. The number of hydrogen-bond donors (Lipinski definition) is 2. The maximum Gasteiger partial charge on any atom is 0.255 e. The molecule has 2 heterocycles. The number of nitrogens with zero attached hydrogens (tertiary/aromatic N) is 2. The molecule has 0 spiro atoms. The van der Waals surface area contributed by atoms with Crippen molar-refractivity contribution in [1.82, 2.24) is 15.5 Å². The number of benzene rings is 2. The number of carbonyl (C=O) groups is 3. The molecule has 2 aromatic carbocycles. The maximum absolute atomic E-state index is 12.9. The molecule has 2 N–H and O–H groups in total. The van der Waals surface area contributed by atoms with Crippen LogP contribution in [0.5, 0.6) is 5.75 Å². The zero-order chi connectivity index (χ0) is 24.4. The number of carbonyl (C=O) groups excluding carboxylic acids is 3. The van der Waals surface area contributed by atoms with Gasteiger partial charge in [0.2, 0.25) is 11.8 Å². The van der Waals surface area contributed by atoms with E-state index in [9.17, 15) is 19.6 Å². The van der Waals surface area contributed by atoms with Crippen molar-refractivity contribution in [3.05, 3.63) is 64.7 Å². The summed E-state index contributed by atoms with van der Waals surface area (Å²) in [5, 5.41) is 15.3. The van der Waals surface area contributed by atoms with Gasteiger partial charge in [0, 0.05) is 31.1 Å². The fourth-order valence-electron chi connectivity index (χ4n) is 5.29. The standard InChI is InChI=1S/C27H28N4O4/c28-14-17-5-1-2-6-18(17)15-29-22-7-3-4-8-24(22)35-20-9-10-21-19(13-20)16-31(27(21)34)23-11-12-25(32)30-26(23)33/h1-2,5-6,9-10,13,22-24,29H,3-4,7-8,11-12,15-16H2,(H,30,32,33)/t22-,23?,24-/m1/s1. The summed E-state index contributed by atoms with van der Waals surface area (Å²) < 4.78 is 6.41. The van der Waals surface area contributed by atoms with Crippen molar-refractivity contribution in [2.75, 3.05) is 0 Å². The van der Waals surface area contributed by atoms with Crippen molar-refractivity contribution in [2.45, 2.75) is 69.8 Å². The highest BCUT2D eigenvalue weighted by Gasteiger charge is 2.39. The first-order valence-electron chi connectivity index (χ1n) is 12.2. The van der Waals surface area contributed by atoms with Crippen LogP contribution in [0.15, 0.2) is 42.5 Å². The molecule has 3 atom stereocenters. The van der Waals surface area contributed by atoms with Gasteiger partial charge in [0.25, 0.3) is 5.91 Å². The van der Waals surface area contributed by atoms with Crippen LogP contribution < -0.4 is 15.4 Å². The van der Waals surface area contributed by atoms with E-state index in [4.69, 9.17) is 4.74 Å². The number of nitriles is 1. The number of imide groups is 1. The summed E-state index contributed by atoms with van der Waals surface area (Å²) in [4.78, 5) is 38.3. The average Bonchev–Trinajstić information content (AvgIpc) is 3.19. The molecule has 0 radical (unpaired) electrons. The summed E-state index contributed by atoms with van der Waals surface area (Å²) in [7, 11) is 0. The molecule has 1 unspecified atom stereocenters. The van der Waals surface area contributed by atoms with Crippen molar-refractivity contribution >= 4 is 17.7 Å². The molecule has 0 bridgehead atoms. The SMILES string of the molecule is N#Cc1ccccc1CN[C@@H]1CCCC[C@H]1Oc1ccc2c(c1)CN(C1CCC(=O)NC1=O)C2=O. The van der Waals surface area contributed by atoms with Crippen LogP contribution in [0.25, 0.3) is 0 Å². The molecule has 1 saturated carbocycles. The molecular formula is C27H28N4O4. The number of piperidine rings is 1. The Morgan fingerprint density at radius 3 is 2.74 bits per heavy atom. The van der Waals surface area contributed by atoms with Crippen LogP contribution in [0.2, 0.25) is 0 Å². The molecule has 3 amide bonds. The second-order valence-electron chi connectivity index (χ2n) is 9.42. The van der Waals surface area contributed by atoms with Crippen molar-refractivity contribution < 1.29 is 19.1 Å². The minimum absolute atomic E-state index is 0.0145. The van der Waals surface area contributed by atoms with Crippen LogP contribution in [0.1, 0.15) is 65.6 Å². The lowest BCUT2D eigenvalue weighted by molar-refractivity contribution is -0.136. The Labute approximate surface area is 204 Å². The topological polar surface area (TPSA) is 112 Å². The largest absolute Gasteiger partial charge is 0.489 e. The van der Waals surface area contributed by atoms with Crippen LogP contribution in [0.3, 0.4) is 0 Å². The lowest BCUT2D eigenvalue weighted by atomic mass is 9.92. The second kappa shape index (κ2) is 9.88. The zero-order valence-corrected chi connectivity index (χ0v) is 19.5. The third kappa shape index (κ3) is 4.77. The van der Waals surface area contributed by atoms with Crippen LogP contribution in [-0.2, 0) is 22.7 Å². The number of amides is 3. The fourth-order valence-corrected chi connectivity index (χ4v) is 5.29. The van der Waals surface area contributed by atoms with Crippen molar-refractivity contribution in [3.8, 4) is 11.8 Å². The van der Waals surface area contributed by atoms with Crippen LogP contribution in [-0.4, -0.2) is 40.8 Å². The third-order valence-electron chi connectivity index (χ3n) is 7.18. The Kier molecular flexibility index (Phi) is 6.51. The highest BCUT2D eigenvalue weighted by atomic mass is 16.5. The van der Waals surface area contributed by atoms with Gasteiger partial charge in [0.1, 0.15) is 17.9 Å². The number of ether oxygens (including phenoxy) is 1. The second-order valence-corrected chi connectivity index (χ2v) is 9.42. The van der Waals surface area contributed by atoms with Crippen LogP contribution in [0, 0.1) is 11.3 Å². The molecule has 1 aliphatic carbocycles. The van der Waals surface area contributed by atoms with Gasteiger partial charge in [-0.05, 0) is 61.1 Å². The van der Waals surface area contributed by atoms with E-state index >= 15 is 0 Å². The first-order valence-corrected chi connectivity index (χ1v) is 12.2. The summed E-state index contributed by atoms with van der Waals surface area (Å²) in [6, 6.07) is 14.9. The number of fused-ring (bicyclic) bond motifs is 1. The molecule has 8 heteroatoms. The molecule has 2 aromatic rings. The molecule has 5 rings (SSSR count). The number of rotatable bonds is 6. The van der Waals surface area contributed by atoms with Crippen LogP contribution in [0.4, 0.5) is 0 Å². The smallest absolute Gasteiger partial charge is 0.255 e. The minimum Gasteiger partial charge on any atom is -0.489 e. The summed E-state index contributed by atoms with van der Waals surface area (Å²) >= 11 is 0. The van der Waals surface area contributed by atoms with E-state index in [-0.39, 0.29) is 30.4 Å². The normalized spacial score (nSPS) is 24.0. The molecule has 35 heavy (non-hydrogen) atoms. The quantitative estimate of drug-likeness (QED) is 0.626. The monoisotopic (exact) mass is 472 g/mol. The van der Waals surface area contributed by atoms with Gasteiger partial charge in [0.15, 0.2) is 0 Å². The predicted octanol–water partition coefficient (Wildman–Crippen LogP) is 2.80.